The van der Waals surface area contributed by atoms with E-state index in [1.54, 1.807) is 0 Å². The smallest absolute Gasteiger partial charge is 0.462 e. The van der Waals surface area contributed by atoms with E-state index in [1.165, 1.54) is 186 Å². The van der Waals surface area contributed by atoms with E-state index < -0.39 is 97.5 Å². The standard InChI is InChI=1S/C75H146O17P2/c1-8-10-11-12-13-14-15-16-17-21-24-27-30-33-42-49-56-72(77)85-62-70(91-74(79)58-51-44-34-31-28-25-22-19-18-20-23-26-29-32-39-46-53-66(3)4)64-89-93(81,82)87-60-69(76)61-88-94(83,84)90-65-71(63-86-73(78)57-50-43-37-35-40-47-54-67(5)6)92-75(80)59-52-45-38-36-41-48-55-68(7)9-2/h66-71,76H,8-65H2,1-7H3,(H,81,82)(H,83,84)/t68?,69-,70-,71-/m1/s1. The van der Waals surface area contributed by atoms with Gasteiger partial charge in [0.15, 0.2) is 12.2 Å². The molecule has 0 amide bonds. The van der Waals surface area contributed by atoms with Crippen molar-refractivity contribution in [3.05, 3.63) is 0 Å². The molecule has 0 saturated heterocycles. The maximum Gasteiger partial charge on any atom is 0.472 e. The van der Waals surface area contributed by atoms with Gasteiger partial charge in [0.1, 0.15) is 19.3 Å². The third-order valence-corrected chi connectivity index (χ3v) is 19.6. The maximum atomic E-state index is 13.1. The zero-order valence-electron chi connectivity index (χ0n) is 61.4. The van der Waals surface area contributed by atoms with Gasteiger partial charge in [-0.05, 0) is 43.4 Å². The molecule has 0 radical (unpaired) electrons. The Hall–Kier alpha value is -1.94. The summed E-state index contributed by atoms with van der Waals surface area (Å²) >= 11 is 0. The molecule has 19 heteroatoms. The van der Waals surface area contributed by atoms with Crippen LogP contribution in [0.5, 0.6) is 0 Å². The second-order valence-corrected chi connectivity index (χ2v) is 31.1. The highest BCUT2D eigenvalue weighted by Gasteiger charge is 2.30. The van der Waals surface area contributed by atoms with Gasteiger partial charge >= 0.3 is 39.5 Å². The first kappa shape index (κ1) is 92.1. The van der Waals surface area contributed by atoms with Crippen LogP contribution in [0.15, 0.2) is 0 Å². The monoisotopic (exact) mass is 1380 g/mol. The number of phosphoric acid groups is 2. The van der Waals surface area contributed by atoms with E-state index in [1.807, 2.05) is 0 Å². The SMILES string of the molecule is CCCCCCCCCCCCCCCCCCC(=O)OC[C@H](COP(=O)(O)OC[C@@H](O)COP(=O)(O)OC[C@@H](COC(=O)CCCCCCCCC(C)C)OC(=O)CCCCCCCCC(C)CC)OC(=O)CCCCCCCCCCCCCCCCCCC(C)C. The van der Waals surface area contributed by atoms with Crippen molar-refractivity contribution in [3.8, 4) is 0 Å². The molecule has 0 saturated carbocycles. The van der Waals surface area contributed by atoms with Gasteiger partial charge in [0, 0.05) is 25.7 Å². The predicted octanol–water partition coefficient (Wildman–Crippen LogP) is 21.8. The van der Waals surface area contributed by atoms with Crippen LogP contribution in [0.1, 0.15) is 382 Å². The largest absolute Gasteiger partial charge is 0.472 e. The Balaban J connectivity index is 5.21. The van der Waals surface area contributed by atoms with Crippen molar-refractivity contribution < 1.29 is 80.2 Å². The highest BCUT2D eigenvalue weighted by atomic mass is 31.2. The van der Waals surface area contributed by atoms with Crippen molar-refractivity contribution in [3.63, 3.8) is 0 Å². The Morgan fingerprint density at radius 2 is 0.543 bits per heavy atom. The van der Waals surface area contributed by atoms with Crippen molar-refractivity contribution in [2.75, 3.05) is 39.6 Å². The Kier molecular flexibility index (Phi) is 64.3. The summed E-state index contributed by atoms with van der Waals surface area (Å²) in [6.07, 6.45) is 51.6. The molecule has 0 aromatic heterocycles. The molecule has 0 bridgehead atoms. The number of phosphoric ester groups is 2. The van der Waals surface area contributed by atoms with E-state index in [-0.39, 0.29) is 25.7 Å². The van der Waals surface area contributed by atoms with Crippen LogP contribution in [0, 0.1) is 17.8 Å². The third-order valence-electron chi connectivity index (χ3n) is 17.7. The van der Waals surface area contributed by atoms with Crippen molar-refractivity contribution in [1.82, 2.24) is 0 Å². The highest BCUT2D eigenvalue weighted by Crippen LogP contribution is 2.45. The third kappa shape index (κ3) is 67.3. The summed E-state index contributed by atoms with van der Waals surface area (Å²) in [7, 11) is -9.91. The first-order valence-corrected chi connectivity index (χ1v) is 41.9. The van der Waals surface area contributed by atoms with Gasteiger partial charge in [-0.1, -0.05) is 331 Å². The number of carbonyl (C=O) groups is 4. The van der Waals surface area contributed by atoms with Crippen LogP contribution in [0.2, 0.25) is 0 Å². The molecule has 0 aromatic carbocycles. The van der Waals surface area contributed by atoms with Gasteiger partial charge in [-0.2, -0.15) is 0 Å². The molecule has 0 aliphatic carbocycles. The normalized spacial score (nSPS) is 14.4. The second-order valence-electron chi connectivity index (χ2n) is 28.2. The molecule has 3 N–H and O–H groups in total. The molecule has 0 rings (SSSR count). The molecule has 3 unspecified atom stereocenters. The molecular weight excluding hydrogens is 1230 g/mol. The lowest BCUT2D eigenvalue weighted by Gasteiger charge is -2.21. The molecule has 0 aromatic rings. The van der Waals surface area contributed by atoms with Crippen molar-refractivity contribution in [2.24, 2.45) is 17.8 Å². The summed E-state index contributed by atoms with van der Waals surface area (Å²) < 4.78 is 68.4. The molecule has 0 heterocycles. The summed E-state index contributed by atoms with van der Waals surface area (Å²) in [5, 5.41) is 10.6. The van der Waals surface area contributed by atoms with Gasteiger partial charge in [0.2, 0.25) is 0 Å². The zero-order valence-corrected chi connectivity index (χ0v) is 63.2. The lowest BCUT2D eigenvalue weighted by Crippen LogP contribution is -2.30. The molecular formula is C75H146O17P2. The number of hydrogen-bond donors (Lipinski definition) is 3. The summed E-state index contributed by atoms with van der Waals surface area (Å²) in [5.41, 5.74) is 0. The van der Waals surface area contributed by atoms with Crippen LogP contribution in [0.25, 0.3) is 0 Å². The van der Waals surface area contributed by atoms with Gasteiger partial charge in [0.25, 0.3) is 0 Å². The lowest BCUT2D eigenvalue weighted by atomic mass is 10.00. The fraction of sp³-hybridized carbons (Fsp3) is 0.947. The first-order chi connectivity index (χ1) is 45.3. The molecule has 0 fully saturated rings. The number of unbranched alkanes of at least 4 members (excludes halogenated alkanes) is 40. The predicted molar refractivity (Wildman–Crippen MR) is 381 cm³/mol. The summed E-state index contributed by atoms with van der Waals surface area (Å²) in [4.78, 5) is 72.7. The van der Waals surface area contributed by atoms with Gasteiger partial charge in [0.05, 0.1) is 26.4 Å². The minimum atomic E-state index is -4.96. The van der Waals surface area contributed by atoms with Crippen LogP contribution in [0.3, 0.4) is 0 Å². The van der Waals surface area contributed by atoms with E-state index >= 15 is 0 Å². The quantitative estimate of drug-likeness (QED) is 0.0222. The van der Waals surface area contributed by atoms with E-state index in [9.17, 15) is 43.2 Å². The average molecular weight is 1380 g/mol. The average Bonchev–Trinajstić information content (AvgIpc) is 1.58. The van der Waals surface area contributed by atoms with E-state index in [2.05, 4.69) is 48.5 Å². The number of ether oxygens (including phenoxy) is 4. The number of aliphatic hydroxyl groups is 1. The minimum Gasteiger partial charge on any atom is -0.462 e. The fourth-order valence-electron chi connectivity index (χ4n) is 11.4. The van der Waals surface area contributed by atoms with Crippen LogP contribution in [-0.4, -0.2) is 96.7 Å². The molecule has 94 heavy (non-hydrogen) atoms. The molecule has 0 spiro atoms. The van der Waals surface area contributed by atoms with Crippen molar-refractivity contribution in [1.29, 1.82) is 0 Å². The summed E-state index contributed by atoms with van der Waals surface area (Å²) in [5.74, 6) is 0.0847. The van der Waals surface area contributed by atoms with E-state index in [0.29, 0.717) is 31.6 Å². The fourth-order valence-corrected chi connectivity index (χ4v) is 13.0. The Morgan fingerprint density at radius 1 is 0.309 bits per heavy atom. The van der Waals surface area contributed by atoms with Gasteiger partial charge in [-0.25, -0.2) is 9.13 Å². The van der Waals surface area contributed by atoms with E-state index in [4.69, 9.17) is 37.0 Å². The minimum absolute atomic E-state index is 0.102. The van der Waals surface area contributed by atoms with Crippen LogP contribution in [-0.2, 0) is 65.4 Å². The molecule has 17 nitrogen and oxygen atoms in total. The Bertz CT molecular complexity index is 1840. The number of esters is 4. The van der Waals surface area contributed by atoms with Gasteiger partial charge in [-0.3, -0.25) is 37.3 Å². The first-order valence-electron chi connectivity index (χ1n) is 38.9. The van der Waals surface area contributed by atoms with Crippen LogP contribution >= 0.6 is 15.6 Å². The number of hydrogen-bond acceptors (Lipinski definition) is 15. The van der Waals surface area contributed by atoms with Gasteiger partial charge in [-0.15, -0.1) is 0 Å². The topological polar surface area (TPSA) is 237 Å². The lowest BCUT2D eigenvalue weighted by molar-refractivity contribution is -0.161. The molecule has 0 aliphatic heterocycles. The van der Waals surface area contributed by atoms with Crippen LogP contribution < -0.4 is 0 Å². The number of rotatable bonds is 73. The second kappa shape index (κ2) is 65.7. The van der Waals surface area contributed by atoms with Crippen molar-refractivity contribution >= 4 is 39.5 Å². The van der Waals surface area contributed by atoms with E-state index in [0.717, 1.165) is 108 Å². The Labute approximate surface area is 575 Å². The molecule has 0 aliphatic rings. The van der Waals surface area contributed by atoms with Crippen LogP contribution in [0.4, 0.5) is 0 Å². The zero-order chi connectivity index (χ0) is 69.4. The Morgan fingerprint density at radius 3 is 0.809 bits per heavy atom. The molecule has 6 atom stereocenters. The molecule has 558 valence electrons. The highest BCUT2D eigenvalue weighted by molar-refractivity contribution is 7.47. The number of carbonyl (C=O) groups excluding carboxylic acids is 4. The number of aliphatic hydroxyl groups excluding tert-OH is 1. The van der Waals surface area contributed by atoms with Crippen molar-refractivity contribution in [2.45, 2.75) is 401 Å². The summed E-state index contributed by atoms with van der Waals surface area (Å²) in [6, 6.07) is 0. The maximum absolute atomic E-state index is 13.1. The van der Waals surface area contributed by atoms with Gasteiger partial charge < -0.3 is 33.8 Å². The summed E-state index contributed by atoms with van der Waals surface area (Å²) in [6.45, 7) is 11.8.